The van der Waals surface area contributed by atoms with Crippen LogP contribution in [-0.2, 0) is 11.4 Å². The molecule has 0 atom stereocenters. The van der Waals surface area contributed by atoms with Crippen molar-refractivity contribution in [2.75, 3.05) is 7.05 Å². The van der Waals surface area contributed by atoms with Crippen molar-refractivity contribution in [3.8, 4) is 5.75 Å². The Hall–Kier alpha value is -2.08. The largest absolute Gasteiger partial charge is 0.487 e. The zero-order valence-corrected chi connectivity index (χ0v) is 15.6. The van der Waals surface area contributed by atoms with Gasteiger partial charge in [0, 0.05) is 12.1 Å². The van der Waals surface area contributed by atoms with E-state index in [4.69, 9.17) is 40.2 Å². The number of amides is 1. The van der Waals surface area contributed by atoms with Crippen LogP contribution >= 0.6 is 35.4 Å². The van der Waals surface area contributed by atoms with Crippen molar-refractivity contribution in [2.45, 2.75) is 6.61 Å². The van der Waals surface area contributed by atoms with Crippen molar-refractivity contribution in [2.24, 2.45) is 0 Å². The SMILES string of the molecule is CN1C(=O)C(=Cc2ccc(OCc3ccc(Cl)cc3)c(Cl)c2)NC1=S. The first kappa shape index (κ1) is 17.7. The molecule has 0 radical (unpaired) electrons. The number of rotatable bonds is 4. The van der Waals surface area contributed by atoms with E-state index < -0.39 is 0 Å². The molecule has 1 amide bonds. The molecule has 2 aromatic rings. The van der Waals surface area contributed by atoms with Crippen molar-refractivity contribution in [1.29, 1.82) is 0 Å². The number of hydrogen-bond donors (Lipinski definition) is 1. The van der Waals surface area contributed by atoms with Crippen LogP contribution in [0.15, 0.2) is 48.2 Å². The first-order chi connectivity index (χ1) is 11.9. The second-order valence-electron chi connectivity index (χ2n) is 5.46. The Morgan fingerprint density at radius 2 is 1.92 bits per heavy atom. The number of likely N-dealkylation sites (N-methyl/N-ethyl adjacent to an activating group) is 1. The Morgan fingerprint density at radius 3 is 2.52 bits per heavy atom. The summed E-state index contributed by atoms with van der Waals surface area (Å²) in [5.74, 6) is 0.390. The Labute approximate surface area is 161 Å². The molecule has 1 fully saturated rings. The fourth-order valence-corrected chi connectivity index (χ4v) is 2.82. The zero-order chi connectivity index (χ0) is 18.0. The highest BCUT2D eigenvalue weighted by molar-refractivity contribution is 7.80. The third-order valence-electron chi connectivity index (χ3n) is 3.66. The molecular formula is C18H14Cl2N2O2S. The van der Waals surface area contributed by atoms with Crippen LogP contribution in [0.3, 0.4) is 0 Å². The zero-order valence-electron chi connectivity index (χ0n) is 13.3. The minimum Gasteiger partial charge on any atom is -0.487 e. The lowest BCUT2D eigenvalue weighted by Crippen LogP contribution is -2.25. The molecule has 0 bridgehead atoms. The van der Waals surface area contributed by atoms with Gasteiger partial charge in [0.25, 0.3) is 5.91 Å². The second-order valence-corrected chi connectivity index (χ2v) is 6.69. The fourth-order valence-electron chi connectivity index (χ4n) is 2.26. The van der Waals surface area contributed by atoms with Gasteiger partial charge in [-0.05, 0) is 53.7 Å². The summed E-state index contributed by atoms with van der Waals surface area (Å²) in [6.07, 6.45) is 1.70. The third-order valence-corrected chi connectivity index (χ3v) is 4.58. The number of halogens is 2. The van der Waals surface area contributed by atoms with Gasteiger partial charge in [-0.2, -0.15) is 0 Å². The highest BCUT2D eigenvalue weighted by Gasteiger charge is 2.26. The molecule has 1 aliphatic heterocycles. The van der Waals surface area contributed by atoms with Crippen LogP contribution in [0.4, 0.5) is 0 Å². The minimum atomic E-state index is -0.177. The molecule has 0 aliphatic carbocycles. The molecule has 25 heavy (non-hydrogen) atoms. The van der Waals surface area contributed by atoms with Crippen LogP contribution in [0, 0.1) is 0 Å². The van der Waals surface area contributed by atoms with E-state index in [-0.39, 0.29) is 5.91 Å². The molecule has 0 unspecified atom stereocenters. The van der Waals surface area contributed by atoms with Crippen LogP contribution in [0.5, 0.6) is 5.75 Å². The van der Waals surface area contributed by atoms with Crippen LogP contribution in [0.1, 0.15) is 11.1 Å². The standard InChI is InChI=1S/C18H14Cl2N2O2S/c1-22-17(23)15(21-18(22)25)9-12-4-7-16(14(20)8-12)24-10-11-2-5-13(19)6-3-11/h2-9H,10H2,1H3,(H,21,25). The molecule has 0 spiro atoms. The van der Waals surface area contributed by atoms with E-state index in [0.29, 0.717) is 33.2 Å². The predicted octanol–water partition coefficient (Wildman–Crippen LogP) is 4.26. The number of ether oxygens (including phenoxy) is 1. The fraction of sp³-hybridized carbons (Fsp3) is 0.111. The number of nitrogens with zero attached hydrogens (tertiary/aromatic N) is 1. The number of hydrogen-bond acceptors (Lipinski definition) is 3. The second kappa shape index (κ2) is 7.44. The molecule has 3 rings (SSSR count). The van der Waals surface area contributed by atoms with E-state index in [1.807, 2.05) is 30.3 Å². The maximum atomic E-state index is 12.0. The lowest BCUT2D eigenvalue weighted by Gasteiger charge is -2.09. The predicted molar refractivity (Wildman–Crippen MR) is 104 cm³/mol. The van der Waals surface area contributed by atoms with Gasteiger partial charge >= 0.3 is 0 Å². The van der Waals surface area contributed by atoms with Gasteiger partial charge in [0.1, 0.15) is 18.1 Å². The monoisotopic (exact) mass is 392 g/mol. The van der Waals surface area contributed by atoms with Gasteiger partial charge in [0.05, 0.1) is 5.02 Å². The summed E-state index contributed by atoms with van der Waals surface area (Å²) in [4.78, 5) is 13.4. The lowest BCUT2D eigenvalue weighted by molar-refractivity contribution is -0.121. The highest BCUT2D eigenvalue weighted by atomic mass is 35.5. The summed E-state index contributed by atoms with van der Waals surface area (Å²) in [6.45, 7) is 0.385. The van der Waals surface area contributed by atoms with Crippen LogP contribution in [-0.4, -0.2) is 23.0 Å². The molecule has 0 aromatic heterocycles. The molecule has 1 aliphatic rings. The smallest absolute Gasteiger partial charge is 0.276 e. The number of benzene rings is 2. The number of carbonyl (C=O) groups excluding carboxylic acids is 1. The Bertz CT molecular complexity index is 866. The quantitative estimate of drug-likeness (QED) is 0.623. The minimum absolute atomic E-state index is 0.177. The van der Waals surface area contributed by atoms with Crippen molar-refractivity contribution in [1.82, 2.24) is 10.2 Å². The van der Waals surface area contributed by atoms with Gasteiger partial charge < -0.3 is 10.1 Å². The third kappa shape index (κ3) is 4.12. The summed E-state index contributed by atoms with van der Waals surface area (Å²) in [7, 11) is 1.62. The van der Waals surface area contributed by atoms with Gasteiger partial charge in [0.2, 0.25) is 0 Å². The lowest BCUT2D eigenvalue weighted by atomic mass is 10.2. The van der Waals surface area contributed by atoms with E-state index in [2.05, 4.69) is 5.32 Å². The number of nitrogens with one attached hydrogen (secondary N) is 1. The molecule has 2 aromatic carbocycles. The first-order valence-electron chi connectivity index (χ1n) is 7.41. The maximum absolute atomic E-state index is 12.0. The van der Waals surface area contributed by atoms with E-state index >= 15 is 0 Å². The summed E-state index contributed by atoms with van der Waals surface area (Å²) in [5.41, 5.74) is 2.18. The summed E-state index contributed by atoms with van der Waals surface area (Å²) in [6, 6.07) is 12.7. The van der Waals surface area contributed by atoms with Crippen molar-refractivity contribution >= 4 is 52.5 Å². The number of carbonyl (C=O) groups is 1. The highest BCUT2D eigenvalue weighted by Crippen LogP contribution is 2.27. The van der Waals surface area contributed by atoms with E-state index in [0.717, 1.165) is 11.1 Å². The summed E-state index contributed by atoms with van der Waals surface area (Å²) in [5, 5.41) is 4.39. The van der Waals surface area contributed by atoms with E-state index in [1.54, 1.807) is 25.3 Å². The molecule has 7 heteroatoms. The van der Waals surface area contributed by atoms with Gasteiger partial charge in [-0.15, -0.1) is 0 Å². The normalized spacial score (nSPS) is 15.6. The summed E-state index contributed by atoms with van der Waals surface area (Å²) < 4.78 is 5.74. The van der Waals surface area contributed by atoms with E-state index in [1.165, 1.54) is 4.90 Å². The van der Waals surface area contributed by atoms with Crippen molar-refractivity contribution < 1.29 is 9.53 Å². The Morgan fingerprint density at radius 1 is 1.20 bits per heavy atom. The molecule has 1 heterocycles. The molecule has 0 saturated carbocycles. The Balaban J connectivity index is 1.72. The molecular weight excluding hydrogens is 379 g/mol. The molecule has 128 valence electrons. The first-order valence-corrected chi connectivity index (χ1v) is 8.58. The molecule has 4 nitrogen and oxygen atoms in total. The van der Waals surface area contributed by atoms with Gasteiger partial charge in [0.15, 0.2) is 5.11 Å². The van der Waals surface area contributed by atoms with Crippen LogP contribution < -0.4 is 10.1 Å². The average molecular weight is 393 g/mol. The topological polar surface area (TPSA) is 41.6 Å². The van der Waals surface area contributed by atoms with Gasteiger partial charge in [-0.25, -0.2) is 0 Å². The van der Waals surface area contributed by atoms with Gasteiger partial charge in [-0.1, -0.05) is 41.4 Å². The van der Waals surface area contributed by atoms with Gasteiger partial charge in [-0.3, -0.25) is 9.69 Å². The van der Waals surface area contributed by atoms with E-state index in [9.17, 15) is 4.79 Å². The number of thiocarbonyl (C=S) groups is 1. The van der Waals surface area contributed by atoms with Crippen molar-refractivity contribution in [3.05, 3.63) is 69.3 Å². The van der Waals surface area contributed by atoms with Crippen LogP contribution in [0.2, 0.25) is 10.0 Å². The maximum Gasteiger partial charge on any atom is 0.276 e. The van der Waals surface area contributed by atoms with Crippen molar-refractivity contribution in [3.63, 3.8) is 0 Å². The summed E-state index contributed by atoms with van der Waals surface area (Å²) >= 11 is 17.2. The Kier molecular flexibility index (Phi) is 5.27. The molecule has 1 N–H and O–H groups in total. The average Bonchev–Trinajstić information content (AvgIpc) is 2.83. The molecule has 1 saturated heterocycles. The van der Waals surface area contributed by atoms with Crippen LogP contribution in [0.25, 0.3) is 6.08 Å².